The molecule has 2 amide bonds. The third kappa shape index (κ3) is 4.14. The summed E-state index contributed by atoms with van der Waals surface area (Å²) in [5, 5.41) is 13.4. The Labute approximate surface area is 104 Å². The minimum atomic E-state index is -0.600. The van der Waals surface area contributed by atoms with Crippen LogP contribution >= 0.6 is 0 Å². The molecular weight excluding hydrogens is 239 g/mol. The minimum absolute atomic E-state index is 0.0131. The van der Waals surface area contributed by atoms with Crippen molar-refractivity contribution in [3.63, 3.8) is 0 Å². The van der Waals surface area contributed by atoms with Gasteiger partial charge in [0, 0.05) is 25.6 Å². The van der Waals surface area contributed by atoms with E-state index in [1.165, 1.54) is 19.1 Å². The number of aliphatic hydroxyl groups excluding tert-OH is 1. The first-order chi connectivity index (χ1) is 8.54. The Morgan fingerprint density at radius 3 is 2.72 bits per heavy atom. The van der Waals surface area contributed by atoms with E-state index >= 15 is 0 Å². The molecule has 0 aromatic heterocycles. The molecule has 0 spiro atoms. The fourth-order valence-corrected chi connectivity index (χ4v) is 1.33. The summed E-state index contributed by atoms with van der Waals surface area (Å²) in [5.74, 6) is -1.39. The Bertz CT molecular complexity index is 449. The molecule has 1 rings (SSSR count). The monoisotopic (exact) mass is 254 g/mol. The summed E-state index contributed by atoms with van der Waals surface area (Å²) in [6, 6.07) is 3.71. The maximum atomic E-state index is 13.3. The van der Waals surface area contributed by atoms with Crippen LogP contribution in [0.15, 0.2) is 18.2 Å². The number of benzene rings is 1. The molecule has 98 valence electrons. The van der Waals surface area contributed by atoms with Crippen LogP contribution in [0, 0.1) is 5.82 Å². The van der Waals surface area contributed by atoms with Crippen LogP contribution in [-0.4, -0.2) is 30.1 Å². The van der Waals surface area contributed by atoms with Crippen LogP contribution in [0.25, 0.3) is 0 Å². The standard InChI is InChI=1S/C12H15FN2O3/c1-8(17)15-11-7-9(3-4-10(11)13)12(18)14-5-2-6-16/h3-4,7,16H,2,5-6H2,1H3,(H,14,18)(H,15,17). The smallest absolute Gasteiger partial charge is 0.251 e. The second-order valence-corrected chi connectivity index (χ2v) is 3.71. The summed E-state index contributed by atoms with van der Waals surface area (Å²) < 4.78 is 13.3. The van der Waals surface area contributed by atoms with Gasteiger partial charge in [0.1, 0.15) is 5.82 Å². The maximum Gasteiger partial charge on any atom is 0.251 e. The van der Waals surface area contributed by atoms with Gasteiger partial charge in [-0.25, -0.2) is 4.39 Å². The van der Waals surface area contributed by atoms with E-state index in [2.05, 4.69) is 10.6 Å². The molecule has 0 saturated carbocycles. The third-order valence-corrected chi connectivity index (χ3v) is 2.16. The number of hydrogen-bond acceptors (Lipinski definition) is 3. The van der Waals surface area contributed by atoms with Crippen molar-refractivity contribution in [2.75, 3.05) is 18.5 Å². The number of amides is 2. The summed E-state index contributed by atoms with van der Waals surface area (Å²) in [7, 11) is 0. The van der Waals surface area contributed by atoms with Gasteiger partial charge in [-0.3, -0.25) is 9.59 Å². The molecule has 3 N–H and O–H groups in total. The zero-order valence-corrected chi connectivity index (χ0v) is 10.00. The van der Waals surface area contributed by atoms with Crippen LogP contribution < -0.4 is 10.6 Å². The van der Waals surface area contributed by atoms with Crippen molar-refractivity contribution in [3.05, 3.63) is 29.6 Å². The van der Waals surface area contributed by atoms with Gasteiger partial charge < -0.3 is 15.7 Å². The van der Waals surface area contributed by atoms with Crippen molar-refractivity contribution < 1.29 is 19.1 Å². The average Bonchev–Trinajstić information content (AvgIpc) is 2.31. The SMILES string of the molecule is CC(=O)Nc1cc(C(=O)NCCCO)ccc1F. The molecule has 0 aliphatic rings. The van der Waals surface area contributed by atoms with Crippen molar-refractivity contribution in [2.45, 2.75) is 13.3 Å². The van der Waals surface area contributed by atoms with E-state index in [-0.39, 0.29) is 23.8 Å². The van der Waals surface area contributed by atoms with Crippen molar-refractivity contribution in [2.24, 2.45) is 0 Å². The topological polar surface area (TPSA) is 78.4 Å². The van der Waals surface area contributed by atoms with Gasteiger partial charge in [-0.1, -0.05) is 0 Å². The van der Waals surface area contributed by atoms with E-state index in [1.807, 2.05) is 0 Å². The molecule has 18 heavy (non-hydrogen) atoms. The molecule has 1 aromatic rings. The lowest BCUT2D eigenvalue weighted by Crippen LogP contribution is -2.25. The number of carbonyl (C=O) groups is 2. The number of halogens is 1. The molecule has 0 radical (unpaired) electrons. The molecule has 0 fully saturated rings. The zero-order valence-electron chi connectivity index (χ0n) is 10.00. The number of aliphatic hydroxyl groups is 1. The van der Waals surface area contributed by atoms with Gasteiger partial charge in [0.05, 0.1) is 5.69 Å². The molecule has 6 heteroatoms. The highest BCUT2D eigenvalue weighted by Crippen LogP contribution is 2.16. The molecule has 0 heterocycles. The largest absolute Gasteiger partial charge is 0.396 e. The molecule has 1 aromatic carbocycles. The lowest BCUT2D eigenvalue weighted by molar-refractivity contribution is -0.114. The third-order valence-electron chi connectivity index (χ3n) is 2.16. The number of hydrogen-bond donors (Lipinski definition) is 3. The van der Waals surface area contributed by atoms with Gasteiger partial charge in [0.25, 0.3) is 5.91 Å². The van der Waals surface area contributed by atoms with Gasteiger partial charge >= 0.3 is 0 Å². The van der Waals surface area contributed by atoms with E-state index in [0.29, 0.717) is 13.0 Å². The van der Waals surface area contributed by atoms with Crippen LogP contribution in [0.1, 0.15) is 23.7 Å². The number of rotatable bonds is 5. The fourth-order valence-electron chi connectivity index (χ4n) is 1.33. The highest BCUT2D eigenvalue weighted by atomic mass is 19.1. The number of anilines is 1. The molecular formula is C12H15FN2O3. The highest BCUT2D eigenvalue weighted by Gasteiger charge is 2.10. The Kier molecular flexibility index (Phi) is 5.26. The van der Waals surface area contributed by atoms with E-state index in [1.54, 1.807) is 0 Å². The van der Waals surface area contributed by atoms with Gasteiger partial charge in [-0.2, -0.15) is 0 Å². The summed E-state index contributed by atoms with van der Waals surface area (Å²) in [6.07, 6.45) is 0.450. The molecule has 5 nitrogen and oxygen atoms in total. The van der Waals surface area contributed by atoms with E-state index in [4.69, 9.17) is 5.11 Å². The predicted octanol–water partition coefficient (Wildman–Crippen LogP) is 0.896. The van der Waals surface area contributed by atoms with Gasteiger partial charge in [-0.05, 0) is 24.6 Å². The molecule has 0 aliphatic carbocycles. The number of carbonyl (C=O) groups excluding carboxylic acids is 2. The molecule has 0 bridgehead atoms. The summed E-state index contributed by atoms with van der Waals surface area (Å²) >= 11 is 0. The molecule has 0 unspecified atom stereocenters. The van der Waals surface area contributed by atoms with Crippen LogP contribution in [-0.2, 0) is 4.79 Å². The Hall–Kier alpha value is -1.95. The highest BCUT2D eigenvalue weighted by molar-refractivity contribution is 5.96. The van der Waals surface area contributed by atoms with Crippen LogP contribution in [0.5, 0.6) is 0 Å². The molecule has 0 aliphatic heterocycles. The second kappa shape index (κ2) is 6.70. The summed E-state index contributed by atoms with van der Waals surface area (Å²) in [4.78, 5) is 22.5. The van der Waals surface area contributed by atoms with Gasteiger partial charge in [-0.15, -0.1) is 0 Å². The van der Waals surface area contributed by atoms with Crippen LogP contribution in [0.2, 0.25) is 0 Å². The first-order valence-corrected chi connectivity index (χ1v) is 5.51. The fraction of sp³-hybridized carbons (Fsp3) is 0.333. The van der Waals surface area contributed by atoms with Crippen LogP contribution in [0.4, 0.5) is 10.1 Å². The van der Waals surface area contributed by atoms with Crippen molar-refractivity contribution in [1.29, 1.82) is 0 Å². The number of nitrogens with one attached hydrogen (secondary N) is 2. The Morgan fingerprint density at radius 2 is 2.11 bits per heavy atom. The quantitative estimate of drug-likeness (QED) is 0.683. The zero-order chi connectivity index (χ0) is 13.5. The molecule has 0 atom stereocenters. The van der Waals surface area contributed by atoms with Gasteiger partial charge in [0.2, 0.25) is 5.91 Å². The first kappa shape index (κ1) is 14.1. The minimum Gasteiger partial charge on any atom is -0.396 e. The van der Waals surface area contributed by atoms with Crippen LogP contribution in [0.3, 0.4) is 0 Å². The maximum absolute atomic E-state index is 13.3. The Balaban J connectivity index is 2.77. The molecule has 0 saturated heterocycles. The van der Waals surface area contributed by atoms with Crippen molar-refractivity contribution >= 4 is 17.5 Å². The van der Waals surface area contributed by atoms with E-state index in [0.717, 1.165) is 6.07 Å². The lowest BCUT2D eigenvalue weighted by atomic mass is 10.1. The summed E-state index contributed by atoms with van der Waals surface area (Å²) in [6.45, 7) is 1.58. The first-order valence-electron chi connectivity index (χ1n) is 5.51. The normalized spacial score (nSPS) is 9.94. The van der Waals surface area contributed by atoms with E-state index in [9.17, 15) is 14.0 Å². The van der Waals surface area contributed by atoms with Crippen molar-refractivity contribution in [1.82, 2.24) is 5.32 Å². The van der Waals surface area contributed by atoms with E-state index < -0.39 is 11.7 Å². The van der Waals surface area contributed by atoms with Crippen molar-refractivity contribution in [3.8, 4) is 0 Å². The van der Waals surface area contributed by atoms with Gasteiger partial charge in [0.15, 0.2) is 0 Å². The second-order valence-electron chi connectivity index (χ2n) is 3.71. The average molecular weight is 254 g/mol. The lowest BCUT2D eigenvalue weighted by Gasteiger charge is -2.07. The Morgan fingerprint density at radius 1 is 1.39 bits per heavy atom. The predicted molar refractivity (Wildman–Crippen MR) is 64.7 cm³/mol. The summed E-state index contributed by atoms with van der Waals surface area (Å²) in [5.41, 5.74) is 0.218.